The number of benzene rings is 1. The first-order chi connectivity index (χ1) is 9.94. The summed E-state index contributed by atoms with van der Waals surface area (Å²) in [5.41, 5.74) is 0.389. The maximum atomic E-state index is 12.2. The van der Waals surface area contributed by atoms with Crippen molar-refractivity contribution in [1.82, 2.24) is 4.72 Å². The molecule has 21 heavy (non-hydrogen) atoms. The fourth-order valence-electron chi connectivity index (χ4n) is 1.72. The second-order valence-corrected chi connectivity index (χ2v) is 6.24. The summed E-state index contributed by atoms with van der Waals surface area (Å²) in [6, 6.07) is 5.99. The standard InChI is InChI=1S/C14H21NO5S/c1-4-14(16)11-6-5-7-13(8-11)21(17,18)15-9-12(20-3)10-19-2/h5-8,12,15H,4,9-10H2,1-3H3. The third kappa shape index (κ3) is 5.20. The minimum atomic E-state index is -3.69. The zero-order chi connectivity index (χ0) is 15.9. The van der Waals surface area contributed by atoms with Crippen LogP contribution in [0.1, 0.15) is 23.7 Å². The van der Waals surface area contributed by atoms with Crippen molar-refractivity contribution in [2.24, 2.45) is 0 Å². The van der Waals surface area contributed by atoms with E-state index in [9.17, 15) is 13.2 Å². The molecule has 0 bridgehead atoms. The smallest absolute Gasteiger partial charge is 0.240 e. The molecule has 0 radical (unpaired) electrons. The van der Waals surface area contributed by atoms with Crippen molar-refractivity contribution >= 4 is 15.8 Å². The number of Topliss-reactive ketones (excluding diaryl/α,β-unsaturated/α-hetero) is 1. The van der Waals surface area contributed by atoms with Gasteiger partial charge in [0, 0.05) is 32.7 Å². The van der Waals surface area contributed by atoms with Gasteiger partial charge in [0.25, 0.3) is 0 Å². The Morgan fingerprint density at radius 1 is 1.33 bits per heavy atom. The molecule has 1 aromatic carbocycles. The van der Waals surface area contributed by atoms with Gasteiger partial charge in [-0.15, -0.1) is 0 Å². The lowest BCUT2D eigenvalue weighted by Crippen LogP contribution is -2.35. The van der Waals surface area contributed by atoms with Crippen LogP contribution in [0, 0.1) is 0 Å². The number of carbonyl (C=O) groups excluding carboxylic acids is 1. The number of methoxy groups -OCH3 is 2. The third-order valence-electron chi connectivity index (χ3n) is 2.97. The first kappa shape index (κ1) is 17.8. The van der Waals surface area contributed by atoms with E-state index in [-0.39, 0.29) is 29.9 Å². The van der Waals surface area contributed by atoms with Crippen LogP contribution in [0.3, 0.4) is 0 Å². The summed E-state index contributed by atoms with van der Waals surface area (Å²) in [4.78, 5) is 11.7. The topological polar surface area (TPSA) is 81.7 Å². The molecular formula is C14H21NO5S. The lowest BCUT2D eigenvalue weighted by molar-refractivity contribution is 0.0320. The van der Waals surface area contributed by atoms with Crippen molar-refractivity contribution in [3.8, 4) is 0 Å². The van der Waals surface area contributed by atoms with Gasteiger partial charge >= 0.3 is 0 Å². The van der Waals surface area contributed by atoms with E-state index < -0.39 is 10.0 Å². The summed E-state index contributed by atoms with van der Waals surface area (Å²) >= 11 is 0. The van der Waals surface area contributed by atoms with E-state index in [1.54, 1.807) is 19.1 Å². The lowest BCUT2D eigenvalue weighted by atomic mass is 10.1. The third-order valence-corrected chi connectivity index (χ3v) is 4.40. The van der Waals surface area contributed by atoms with Gasteiger partial charge in [-0.1, -0.05) is 19.1 Å². The monoisotopic (exact) mass is 315 g/mol. The number of rotatable bonds is 9. The van der Waals surface area contributed by atoms with E-state index in [1.165, 1.54) is 26.4 Å². The molecule has 0 heterocycles. The molecular weight excluding hydrogens is 294 g/mol. The Morgan fingerprint density at radius 2 is 2.05 bits per heavy atom. The zero-order valence-corrected chi connectivity index (χ0v) is 13.3. The number of sulfonamides is 1. The fourth-order valence-corrected chi connectivity index (χ4v) is 2.83. The van der Waals surface area contributed by atoms with Gasteiger partial charge < -0.3 is 9.47 Å². The molecule has 0 amide bonds. The Bertz CT molecular complexity index is 570. The highest BCUT2D eigenvalue weighted by atomic mass is 32.2. The van der Waals surface area contributed by atoms with Crippen LogP contribution in [0.4, 0.5) is 0 Å². The molecule has 118 valence electrons. The Balaban J connectivity index is 2.85. The van der Waals surface area contributed by atoms with E-state index in [0.29, 0.717) is 12.0 Å². The van der Waals surface area contributed by atoms with Crippen molar-refractivity contribution in [1.29, 1.82) is 0 Å². The van der Waals surface area contributed by atoms with Crippen LogP contribution in [0.25, 0.3) is 0 Å². The molecule has 0 spiro atoms. The van der Waals surface area contributed by atoms with Crippen molar-refractivity contribution in [2.75, 3.05) is 27.4 Å². The number of ketones is 1. The number of carbonyl (C=O) groups is 1. The highest BCUT2D eigenvalue weighted by Gasteiger charge is 2.18. The molecule has 0 aliphatic heterocycles. The molecule has 6 nitrogen and oxygen atoms in total. The number of ether oxygens (including phenoxy) is 2. The number of hydrogen-bond donors (Lipinski definition) is 1. The molecule has 1 N–H and O–H groups in total. The molecule has 0 aliphatic rings. The SMILES string of the molecule is CCC(=O)c1cccc(S(=O)(=O)NCC(COC)OC)c1. The van der Waals surface area contributed by atoms with E-state index in [2.05, 4.69) is 4.72 Å². The summed E-state index contributed by atoms with van der Waals surface area (Å²) in [6.45, 7) is 2.11. The van der Waals surface area contributed by atoms with E-state index >= 15 is 0 Å². The van der Waals surface area contributed by atoms with Crippen molar-refractivity contribution in [3.63, 3.8) is 0 Å². The molecule has 1 aromatic rings. The van der Waals surface area contributed by atoms with Crippen LogP contribution < -0.4 is 4.72 Å². The van der Waals surface area contributed by atoms with Crippen LogP contribution >= 0.6 is 0 Å². The van der Waals surface area contributed by atoms with E-state index in [4.69, 9.17) is 9.47 Å². The summed E-state index contributed by atoms with van der Waals surface area (Å²) in [5, 5.41) is 0. The van der Waals surface area contributed by atoms with Gasteiger partial charge in [-0.25, -0.2) is 13.1 Å². The van der Waals surface area contributed by atoms with E-state index in [0.717, 1.165) is 0 Å². The molecule has 7 heteroatoms. The molecule has 0 aliphatic carbocycles. The molecule has 0 saturated heterocycles. The average Bonchev–Trinajstić information content (AvgIpc) is 2.50. The van der Waals surface area contributed by atoms with Crippen LogP contribution in [0.5, 0.6) is 0 Å². The molecule has 0 aromatic heterocycles. The van der Waals surface area contributed by atoms with E-state index in [1.807, 2.05) is 0 Å². The molecule has 0 fully saturated rings. The number of hydrogen-bond acceptors (Lipinski definition) is 5. The van der Waals surface area contributed by atoms with Crippen molar-refractivity contribution < 1.29 is 22.7 Å². The van der Waals surface area contributed by atoms with Gasteiger partial charge in [-0.3, -0.25) is 4.79 Å². The predicted octanol–water partition coefficient (Wildman–Crippen LogP) is 1.22. The molecule has 0 saturated carbocycles. The molecule has 1 atom stereocenters. The normalized spacial score (nSPS) is 13.1. The van der Waals surface area contributed by atoms with Gasteiger partial charge in [0.05, 0.1) is 17.6 Å². The first-order valence-corrected chi connectivity index (χ1v) is 8.07. The van der Waals surface area contributed by atoms with Crippen molar-refractivity contribution in [3.05, 3.63) is 29.8 Å². The number of nitrogens with one attached hydrogen (secondary N) is 1. The lowest BCUT2D eigenvalue weighted by Gasteiger charge is -2.15. The van der Waals surface area contributed by atoms with Gasteiger partial charge in [0.1, 0.15) is 0 Å². The maximum absolute atomic E-state index is 12.2. The average molecular weight is 315 g/mol. The fraction of sp³-hybridized carbons (Fsp3) is 0.500. The summed E-state index contributed by atoms with van der Waals surface area (Å²) in [7, 11) is -0.687. The van der Waals surface area contributed by atoms with Gasteiger partial charge in [0.2, 0.25) is 10.0 Å². The van der Waals surface area contributed by atoms with Crippen LogP contribution in [-0.4, -0.2) is 47.7 Å². The second-order valence-electron chi connectivity index (χ2n) is 4.47. The molecule has 1 rings (SSSR count). The van der Waals surface area contributed by atoms with Crippen LogP contribution in [-0.2, 0) is 19.5 Å². The quantitative estimate of drug-likeness (QED) is 0.693. The minimum absolute atomic E-state index is 0.0640. The summed E-state index contributed by atoms with van der Waals surface area (Å²) in [5.74, 6) is -0.0961. The summed E-state index contributed by atoms with van der Waals surface area (Å²) < 4.78 is 36.9. The first-order valence-electron chi connectivity index (χ1n) is 6.59. The largest absolute Gasteiger partial charge is 0.382 e. The highest BCUT2D eigenvalue weighted by molar-refractivity contribution is 7.89. The Kier molecular flexibility index (Phi) is 6.97. The van der Waals surface area contributed by atoms with Crippen LogP contribution in [0.15, 0.2) is 29.2 Å². The minimum Gasteiger partial charge on any atom is -0.382 e. The Labute approximate surface area is 125 Å². The van der Waals surface area contributed by atoms with Crippen LogP contribution in [0.2, 0.25) is 0 Å². The molecule has 1 unspecified atom stereocenters. The maximum Gasteiger partial charge on any atom is 0.240 e. The van der Waals surface area contributed by atoms with Gasteiger partial charge in [0.15, 0.2) is 5.78 Å². The zero-order valence-electron chi connectivity index (χ0n) is 12.5. The summed E-state index contributed by atoms with van der Waals surface area (Å²) in [6.07, 6.45) is -0.0403. The van der Waals surface area contributed by atoms with Crippen molar-refractivity contribution in [2.45, 2.75) is 24.3 Å². The van der Waals surface area contributed by atoms with Gasteiger partial charge in [-0.2, -0.15) is 0 Å². The predicted molar refractivity (Wildman–Crippen MR) is 78.9 cm³/mol. The van der Waals surface area contributed by atoms with Gasteiger partial charge in [-0.05, 0) is 12.1 Å². The second kappa shape index (κ2) is 8.23. The highest BCUT2D eigenvalue weighted by Crippen LogP contribution is 2.13. The Hall–Kier alpha value is -1.28. The Morgan fingerprint density at radius 3 is 2.62 bits per heavy atom.